The normalized spacial score (nSPS) is 23.8. The summed E-state index contributed by atoms with van der Waals surface area (Å²) in [5.41, 5.74) is -0.297. The van der Waals surface area contributed by atoms with Crippen LogP contribution in [0.2, 0.25) is 0 Å². The zero-order valence-electron chi connectivity index (χ0n) is 12.3. The van der Waals surface area contributed by atoms with Gasteiger partial charge in [-0.3, -0.25) is 13.8 Å². The highest BCUT2D eigenvalue weighted by Gasteiger charge is 2.44. The second kappa shape index (κ2) is 6.39. The first-order valence-electron chi connectivity index (χ1n) is 6.98. The summed E-state index contributed by atoms with van der Waals surface area (Å²) in [6, 6.07) is 9.19. The number of piperazine rings is 1. The lowest BCUT2D eigenvalue weighted by Gasteiger charge is -2.40. The molecule has 2 unspecified atom stereocenters. The molecule has 0 aliphatic carbocycles. The summed E-state index contributed by atoms with van der Waals surface area (Å²) < 4.78 is 11.5. The van der Waals surface area contributed by atoms with Gasteiger partial charge in [0.05, 0.1) is 6.54 Å². The topological polar surface area (TPSA) is 66.5 Å². The largest absolute Gasteiger partial charge is 0.337 e. The maximum absolute atomic E-state index is 12.7. The van der Waals surface area contributed by atoms with Crippen LogP contribution >= 0.6 is 0 Å². The Kier molecular flexibility index (Phi) is 4.77. The summed E-state index contributed by atoms with van der Waals surface area (Å²) >= 11 is 0. The summed E-state index contributed by atoms with van der Waals surface area (Å²) in [5.74, 6) is 0.620. The number of hydrogen-bond donors (Lipinski definition) is 1. The molecule has 2 atom stereocenters. The number of nitrogens with zero attached hydrogens (tertiary/aromatic N) is 1. The molecule has 1 aliphatic rings. The van der Waals surface area contributed by atoms with Gasteiger partial charge in [-0.05, 0) is 12.5 Å². The number of amides is 2. The van der Waals surface area contributed by atoms with Gasteiger partial charge >= 0.3 is 0 Å². The fourth-order valence-electron chi connectivity index (χ4n) is 2.44. The smallest absolute Gasteiger partial charge is 0.253 e. The van der Waals surface area contributed by atoms with Gasteiger partial charge in [0.1, 0.15) is 5.54 Å². The van der Waals surface area contributed by atoms with Crippen LogP contribution < -0.4 is 5.32 Å². The molecule has 21 heavy (non-hydrogen) atoms. The van der Waals surface area contributed by atoms with E-state index < -0.39 is 16.3 Å². The molecule has 0 spiro atoms. The molecule has 0 aromatic heterocycles. The second-order valence-corrected chi connectivity index (χ2v) is 7.06. The van der Waals surface area contributed by atoms with E-state index in [1.807, 2.05) is 37.3 Å². The quantitative estimate of drug-likeness (QED) is 0.867. The van der Waals surface area contributed by atoms with Crippen molar-refractivity contribution >= 4 is 22.6 Å². The standard InChI is InChI=1S/C15H20N2O3S/c1-3-21(20)10-9-17-11-13(18)16-15(2,14(17)19)12-7-5-4-6-8-12/h4-8H,3,9-11H2,1-2H3,(H,16,18). The molecule has 2 amide bonds. The highest BCUT2D eigenvalue weighted by atomic mass is 32.2. The molecule has 0 bridgehead atoms. The van der Waals surface area contributed by atoms with E-state index in [4.69, 9.17) is 0 Å². The van der Waals surface area contributed by atoms with Crippen molar-refractivity contribution in [1.29, 1.82) is 0 Å². The minimum absolute atomic E-state index is 0.0299. The molecule has 1 heterocycles. The van der Waals surface area contributed by atoms with E-state index in [9.17, 15) is 13.8 Å². The van der Waals surface area contributed by atoms with Gasteiger partial charge in [0.15, 0.2) is 0 Å². The van der Waals surface area contributed by atoms with Crippen molar-refractivity contribution in [2.24, 2.45) is 0 Å². The first kappa shape index (κ1) is 15.7. The minimum Gasteiger partial charge on any atom is -0.337 e. The zero-order valence-corrected chi connectivity index (χ0v) is 13.1. The fraction of sp³-hybridized carbons (Fsp3) is 0.467. The van der Waals surface area contributed by atoms with E-state index in [2.05, 4.69) is 5.32 Å². The van der Waals surface area contributed by atoms with E-state index >= 15 is 0 Å². The fourth-order valence-corrected chi connectivity index (χ4v) is 3.15. The van der Waals surface area contributed by atoms with Gasteiger partial charge in [-0.15, -0.1) is 0 Å². The van der Waals surface area contributed by atoms with Crippen molar-refractivity contribution in [3.8, 4) is 0 Å². The van der Waals surface area contributed by atoms with E-state index in [-0.39, 0.29) is 18.4 Å². The lowest BCUT2D eigenvalue weighted by atomic mass is 9.88. The summed E-state index contributed by atoms with van der Waals surface area (Å²) in [6.07, 6.45) is 0. The highest BCUT2D eigenvalue weighted by molar-refractivity contribution is 7.84. The third-order valence-electron chi connectivity index (χ3n) is 3.70. The van der Waals surface area contributed by atoms with Gasteiger partial charge in [-0.1, -0.05) is 37.3 Å². The van der Waals surface area contributed by atoms with Gasteiger partial charge in [-0.25, -0.2) is 0 Å². The molecule has 114 valence electrons. The van der Waals surface area contributed by atoms with E-state index in [0.29, 0.717) is 18.1 Å². The van der Waals surface area contributed by atoms with Crippen LogP contribution in [0.25, 0.3) is 0 Å². The monoisotopic (exact) mass is 308 g/mol. The van der Waals surface area contributed by atoms with Gasteiger partial charge in [-0.2, -0.15) is 0 Å². The maximum Gasteiger partial charge on any atom is 0.253 e. The Morgan fingerprint density at radius 2 is 1.95 bits per heavy atom. The first-order chi connectivity index (χ1) is 9.97. The molecular formula is C15H20N2O3S. The van der Waals surface area contributed by atoms with Crippen molar-refractivity contribution in [3.63, 3.8) is 0 Å². The average molecular weight is 308 g/mol. The van der Waals surface area contributed by atoms with Crippen molar-refractivity contribution < 1.29 is 13.8 Å². The molecule has 1 fully saturated rings. The number of benzene rings is 1. The Labute approximate surface area is 127 Å². The third-order valence-corrected chi connectivity index (χ3v) is 4.98. The number of hydrogen-bond acceptors (Lipinski definition) is 3. The maximum atomic E-state index is 12.7. The minimum atomic E-state index is -1.05. The molecule has 0 saturated carbocycles. The summed E-state index contributed by atoms with van der Waals surface area (Å²) in [5, 5.41) is 2.78. The lowest BCUT2D eigenvalue weighted by molar-refractivity contribution is -0.149. The molecule has 1 N–H and O–H groups in total. The molecule has 1 aromatic carbocycles. The Balaban J connectivity index is 2.21. The number of rotatable bonds is 5. The lowest BCUT2D eigenvalue weighted by Crippen LogP contribution is -2.63. The number of carbonyl (C=O) groups is 2. The number of nitrogens with one attached hydrogen (secondary N) is 1. The molecule has 5 nitrogen and oxygen atoms in total. The van der Waals surface area contributed by atoms with Crippen molar-refractivity contribution in [3.05, 3.63) is 35.9 Å². The van der Waals surface area contributed by atoms with E-state index in [1.54, 1.807) is 6.92 Å². The Bertz CT molecular complexity index is 561. The Hall–Kier alpha value is -1.69. The van der Waals surface area contributed by atoms with Crippen molar-refractivity contribution in [1.82, 2.24) is 10.2 Å². The third kappa shape index (κ3) is 3.32. The van der Waals surface area contributed by atoms with Crippen LogP contribution in [-0.2, 0) is 25.9 Å². The molecule has 1 saturated heterocycles. The van der Waals surface area contributed by atoms with Gasteiger partial charge in [0.25, 0.3) is 5.91 Å². The predicted octanol–water partition coefficient (Wildman–Crippen LogP) is 0.629. The molecule has 2 rings (SSSR count). The summed E-state index contributed by atoms with van der Waals surface area (Å²) in [6.45, 7) is 3.93. The van der Waals surface area contributed by atoms with Crippen molar-refractivity contribution in [2.75, 3.05) is 24.6 Å². The van der Waals surface area contributed by atoms with Gasteiger partial charge < -0.3 is 10.2 Å². The van der Waals surface area contributed by atoms with Crippen molar-refractivity contribution in [2.45, 2.75) is 19.4 Å². The summed E-state index contributed by atoms with van der Waals surface area (Å²) in [4.78, 5) is 26.1. The molecular weight excluding hydrogens is 288 g/mol. The van der Waals surface area contributed by atoms with Crippen LogP contribution in [0.5, 0.6) is 0 Å². The highest BCUT2D eigenvalue weighted by Crippen LogP contribution is 2.26. The van der Waals surface area contributed by atoms with E-state index in [1.165, 1.54) is 4.90 Å². The molecule has 1 aliphatic heterocycles. The molecule has 0 radical (unpaired) electrons. The van der Waals surface area contributed by atoms with Crippen LogP contribution in [0.1, 0.15) is 19.4 Å². The molecule has 1 aromatic rings. The van der Waals surface area contributed by atoms with Crippen LogP contribution in [0.3, 0.4) is 0 Å². The van der Waals surface area contributed by atoms with Crippen LogP contribution in [-0.4, -0.2) is 45.5 Å². The van der Waals surface area contributed by atoms with Gasteiger partial charge in [0.2, 0.25) is 5.91 Å². The van der Waals surface area contributed by atoms with E-state index in [0.717, 1.165) is 5.56 Å². The summed E-state index contributed by atoms with van der Waals surface area (Å²) in [7, 11) is -0.950. The predicted molar refractivity (Wildman–Crippen MR) is 82.1 cm³/mol. The Morgan fingerprint density at radius 1 is 1.29 bits per heavy atom. The van der Waals surface area contributed by atoms with Crippen LogP contribution in [0.15, 0.2) is 30.3 Å². The van der Waals surface area contributed by atoms with Crippen LogP contribution in [0, 0.1) is 0 Å². The van der Waals surface area contributed by atoms with Gasteiger partial charge in [0, 0.05) is 28.9 Å². The first-order valence-corrected chi connectivity index (χ1v) is 8.47. The zero-order chi connectivity index (χ0) is 15.5. The number of carbonyl (C=O) groups excluding carboxylic acids is 2. The SMILES string of the molecule is CCS(=O)CCN1CC(=O)NC(C)(c2ccccc2)C1=O. The van der Waals surface area contributed by atoms with Crippen LogP contribution in [0.4, 0.5) is 0 Å². The second-order valence-electron chi connectivity index (χ2n) is 5.20. The Morgan fingerprint density at radius 3 is 2.57 bits per heavy atom. The molecule has 6 heteroatoms. The average Bonchev–Trinajstić information content (AvgIpc) is 2.50.